The first kappa shape index (κ1) is 11.7. The van der Waals surface area contributed by atoms with Crippen LogP contribution in [0.15, 0.2) is 12.4 Å². The highest BCUT2D eigenvalue weighted by Gasteiger charge is 2.54. The molecule has 0 saturated heterocycles. The molecule has 0 aliphatic heterocycles. The molecule has 0 amide bonds. The van der Waals surface area contributed by atoms with Gasteiger partial charge in [-0.15, -0.1) is 0 Å². The van der Waals surface area contributed by atoms with Crippen molar-refractivity contribution in [2.45, 2.75) is 18.6 Å². The average molecular weight is 221 g/mol. The van der Waals surface area contributed by atoms with Gasteiger partial charge in [-0.25, -0.2) is 4.98 Å². The lowest BCUT2D eigenvalue weighted by atomic mass is 9.96. The molecule has 2 N–H and O–H groups in total. The minimum Gasteiger partial charge on any atom is -0.332 e. The van der Waals surface area contributed by atoms with E-state index < -0.39 is 17.5 Å². The Morgan fingerprint density at radius 1 is 1.53 bits per heavy atom. The molecule has 0 spiro atoms. The number of ketones is 1. The van der Waals surface area contributed by atoms with Gasteiger partial charge in [-0.05, 0) is 6.92 Å². The molecule has 0 saturated carbocycles. The second kappa shape index (κ2) is 3.34. The minimum atomic E-state index is -4.80. The molecule has 0 aromatic carbocycles. The number of alkyl halides is 3. The SMILES string of the molecule is Cn1ccnc1C(=O)C(C)(N)C(F)(F)F. The Morgan fingerprint density at radius 2 is 2.07 bits per heavy atom. The summed E-state index contributed by atoms with van der Waals surface area (Å²) in [5.74, 6) is -1.56. The largest absolute Gasteiger partial charge is 0.413 e. The number of imidazole rings is 1. The van der Waals surface area contributed by atoms with Gasteiger partial charge in [0.1, 0.15) is 0 Å². The van der Waals surface area contributed by atoms with E-state index >= 15 is 0 Å². The van der Waals surface area contributed by atoms with Crippen LogP contribution in [0.5, 0.6) is 0 Å². The molecule has 1 heterocycles. The van der Waals surface area contributed by atoms with E-state index in [2.05, 4.69) is 4.98 Å². The Balaban J connectivity index is 3.11. The third kappa shape index (κ3) is 1.87. The maximum Gasteiger partial charge on any atom is 0.413 e. The first-order valence-corrected chi connectivity index (χ1v) is 4.05. The third-order valence-corrected chi connectivity index (χ3v) is 2.08. The van der Waals surface area contributed by atoms with Crippen LogP contribution in [-0.2, 0) is 7.05 Å². The normalized spacial score (nSPS) is 16.1. The summed E-state index contributed by atoms with van der Waals surface area (Å²) in [4.78, 5) is 15.0. The highest BCUT2D eigenvalue weighted by atomic mass is 19.4. The van der Waals surface area contributed by atoms with Crippen molar-refractivity contribution in [3.63, 3.8) is 0 Å². The number of aryl methyl sites for hydroxylation is 1. The summed E-state index contributed by atoms with van der Waals surface area (Å²) in [6.45, 7) is 0.629. The number of halogens is 3. The molecule has 15 heavy (non-hydrogen) atoms. The highest BCUT2D eigenvalue weighted by molar-refractivity contribution is 6.00. The van der Waals surface area contributed by atoms with Crippen molar-refractivity contribution in [3.8, 4) is 0 Å². The predicted molar refractivity (Wildman–Crippen MR) is 46.2 cm³/mol. The predicted octanol–water partition coefficient (Wildman–Crippen LogP) is 0.883. The van der Waals surface area contributed by atoms with Crippen LogP contribution in [0.3, 0.4) is 0 Å². The van der Waals surface area contributed by atoms with Gasteiger partial charge in [0.15, 0.2) is 11.4 Å². The van der Waals surface area contributed by atoms with Crippen LogP contribution in [0.1, 0.15) is 17.5 Å². The summed E-state index contributed by atoms with van der Waals surface area (Å²) < 4.78 is 38.5. The molecule has 1 aromatic heterocycles. The molecule has 0 bridgehead atoms. The number of carbonyl (C=O) groups excluding carboxylic acids is 1. The zero-order valence-electron chi connectivity index (χ0n) is 8.17. The van der Waals surface area contributed by atoms with E-state index in [1.165, 1.54) is 24.0 Å². The van der Waals surface area contributed by atoms with Crippen molar-refractivity contribution >= 4 is 5.78 Å². The topological polar surface area (TPSA) is 60.9 Å². The van der Waals surface area contributed by atoms with E-state index in [0.717, 1.165) is 0 Å². The Hall–Kier alpha value is -1.37. The van der Waals surface area contributed by atoms with Crippen LogP contribution in [0.2, 0.25) is 0 Å². The first-order chi connectivity index (χ1) is 6.68. The fourth-order valence-corrected chi connectivity index (χ4v) is 0.945. The van der Waals surface area contributed by atoms with Gasteiger partial charge >= 0.3 is 6.18 Å². The van der Waals surface area contributed by atoms with E-state index in [1.54, 1.807) is 0 Å². The number of nitrogens with two attached hydrogens (primary N) is 1. The van der Waals surface area contributed by atoms with Crippen molar-refractivity contribution in [3.05, 3.63) is 18.2 Å². The van der Waals surface area contributed by atoms with E-state index in [4.69, 9.17) is 5.73 Å². The van der Waals surface area contributed by atoms with Crippen LogP contribution in [-0.4, -0.2) is 27.0 Å². The number of hydrogen-bond donors (Lipinski definition) is 1. The van der Waals surface area contributed by atoms with Crippen LogP contribution in [0, 0.1) is 0 Å². The molecule has 1 rings (SSSR count). The molecule has 7 heteroatoms. The van der Waals surface area contributed by atoms with Gasteiger partial charge in [0, 0.05) is 19.4 Å². The lowest BCUT2D eigenvalue weighted by Crippen LogP contribution is -2.57. The van der Waals surface area contributed by atoms with Crippen LogP contribution in [0.25, 0.3) is 0 Å². The van der Waals surface area contributed by atoms with Crippen molar-refractivity contribution in [2.75, 3.05) is 0 Å². The van der Waals surface area contributed by atoms with Gasteiger partial charge in [0.2, 0.25) is 5.78 Å². The molecule has 1 aromatic rings. The third-order valence-electron chi connectivity index (χ3n) is 2.08. The molecular weight excluding hydrogens is 211 g/mol. The summed E-state index contributed by atoms with van der Waals surface area (Å²) in [5, 5.41) is 0. The van der Waals surface area contributed by atoms with Gasteiger partial charge in [0.25, 0.3) is 0 Å². The lowest BCUT2D eigenvalue weighted by Gasteiger charge is -2.25. The Morgan fingerprint density at radius 3 is 2.40 bits per heavy atom. The van der Waals surface area contributed by atoms with Gasteiger partial charge < -0.3 is 10.3 Å². The fourth-order valence-electron chi connectivity index (χ4n) is 0.945. The quantitative estimate of drug-likeness (QED) is 0.754. The molecule has 0 aliphatic rings. The summed E-state index contributed by atoms with van der Waals surface area (Å²) in [5.41, 5.74) is 2.06. The monoisotopic (exact) mass is 221 g/mol. The zero-order chi connectivity index (χ0) is 11.9. The lowest BCUT2D eigenvalue weighted by molar-refractivity contribution is -0.166. The Kier molecular flexibility index (Phi) is 2.60. The van der Waals surface area contributed by atoms with E-state index in [-0.39, 0.29) is 5.82 Å². The Labute approximate surface area is 83.9 Å². The number of Topliss-reactive ketones (excluding diaryl/α,β-unsaturated/α-hetero) is 1. The maximum absolute atomic E-state index is 12.4. The molecule has 1 unspecified atom stereocenters. The van der Waals surface area contributed by atoms with Crippen LogP contribution < -0.4 is 5.73 Å². The molecule has 84 valence electrons. The standard InChI is InChI=1S/C8H10F3N3O/c1-7(12,8(9,10)11)5(15)6-13-3-4-14(6)2/h3-4H,12H2,1-2H3. The zero-order valence-corrected chi connectivity index (χ0v) is 8.17. The summed E-state index contributed by atoms with van der Waals surface area (Å²) in [6, 6.07) is 0. The van der Waals surface area contributed by atoms with Crippen LogP contribution >= 0.6 is 0 Å². The smallest absolute Gasteiger partial charge is 0.332 e. The molecular formula is C8H10F3N3O. The summed E-state index contributed by atoms with van der Waals surface area (Å²) in [6.07, 6.45) is -2.19. The van der Waals surface area contributed by atoms with Crippen molar-refractivity contribution in [1.29, 1.82) is 0 Å². The first-order valence-electron chi connectivity index (χ1n) is 4.05. The second-order valence-electron chi connectivity index (χ2n) is 3.39. The van der Waals surface area contributed by atoms with E-state index in [1.807, 2.05) is 0 Å². The highest BCUT2D eigenvalue weighted by Crippen LogP contribution is 2.30. The molecule has 0 aliphatic carbocycles. The molecule has 1 atom stereocenters. The number of nitrogens with zero attached hydrogens (tertiary/aromatic N) is 2. The van der Waals surface area contributed by atoms with Crippen molar-refractivity contribution in [1.82, 2.24) is 9.55 Å². The van der Waals surface area contributed by atoms with Gasteiger partial charge in [-0.1, -0.05) is 0 Å². The number of carbonyl (C=O) groups is 1. The van der Waals surface area contributed by atoms with E-state index in [9.17, 15) is 18.0 Å². The second-order valence-corrected chi connectivity index (χ2v) is 3.39. The van der Waals surface area contributed by atoms with Gasteiger partial charge in [0.05, 0.1) is 0 Å². The van der Waals surface area contributed by atoms with Crippen molar-refractivity contribution < 1.29 is 18.0 Å². The number of rotatable bonds is 2. The maximum atomic E-state index is 12.4. The number of hydrogen-bond acceptors (Lipinski definition) is 3. The Bertz CT molecular complexity index is 381. The number of aromatic nitrogens is 2. The minimum absolute atomic E-state index is 0.308. The molecule has 0 fully saturated rings. The average Bonchev–Trinajstić information content (AvgIpc) is 2.48. The van der Waals surface area contributed by atoms with Crippen LogP contribution in [0.4, 0.5) is 13.2 Å². The molecule has 4 nitrogen and oxygen atoms in total. The fraction of sp³-hybridized carbons (Fsp3) is 0.500. The molecule has 0 radical (unpaired) electrons. The summed E-state index contributed by atoms with van der Waals surface area (Å²) in [7, 11) is 1.42. The van der Waals surface area contributed by atoms with E-state index in [0.29, 0.717) is 6.92 Å². The van der Waals surface area contributed by atoms with Gasteiger partial charge in [-0.3, -0.25) is 4.79 Å². The van der Waals surface area contributed by atoms with Crippen molar-refractivity contribution in [2.24, 2.45) is 12.8 Å². The van der Waals surface area contributed by atoms with Gasteiger partial charge in [-0.2, -0.15) is 13.2 Å². The summed E-state index contributed by atoms with van der Waals surface area (Å²) >= 11 is 0.